The number of nitrogens with one attached hydrogen (secondary N) is 1. The fraction of sp³-hybridized carbons (Fsp3) is 0.833. The highest BCUT2D eigenvalue weighted by Crippen LogP contribution is 2.27. The number of hydrogen-bond donors (Lipinski definition) is 3. The zero-order chi connectivity index (χ0) is 13.1. The normalized spacial score (nSPS) is 27.5. The van der Waals surface area contributed by atoms with Crippen LogP contribution in [0, 0.1) is 11.3 Å². The molecule has 1 fully saturated rings. The number of carboxylic acids is 1. The average Bonchev–Trinajstić information content (AvgIpc) is 2.76. The van der Waals surface area contributed by atoms with Gasteiger partial charge in [0.15, 0.2) is 0 Å². The molecule has 1 aliphatic rings. The molecule has 0 saturated heterocycles. The summed E-state index contributed by atoms with van der Waals surface area (Å²) in [5.41, 5.74) is 5.07. The first-order chi connectivity index (χ1) is 7.92. The first kappa shape index (κ1) is 14.0. The maximum absolute atomic E-state index is 12.0. The van der Waals surface area contributed by atoms with Gasteiger partial charge in [-0.2, -0.15) is 0 Å². The molecule has 98 valence electrons. The van der Waals surface area contributed by atoms with E-state index in [0.29, 0.717) is 25.8 Å². The summed E-state index contributed by atoms with van der Waals surface area (Å²) in [7, 11) is 0. The third-order valence-corrected chi connectivity index (χ3v) is 3.90. The van der Waals surface area contributed by atoms with Crippen molar-refractivity contribution in [3.05, 3.63) is 0 Å². The Morgan fingerprint density at radius 1 is 1.47 bits per heavy atom. The van der Waals surface area contributed by atoms with Crippen molar-refractivity contribution in [1.29, 1.82) is 0 Å². The molecule has 0 radical (unpaired) electrons. The lowest BCUT2D eigenvalue weighted by molar-refractivity contribution is -0.141. The van der Waals surface area contributed by atoms with Gasteiger partial charge in [-0.05, 0) is 32.6 Å². The summed E-state index contributed by atoms with van der Waals surface area (Å²) in [6, 6.07) is -0.0129. The number of carbonyl (C=O) groups is 2. The fourth-order valence-corrected chi connectivity index (χ4v) is 2.09. The van der Waals surface area contributed by atoms with E-state index >= 15 is 0 Å². The highest BCUT2D eigenvalue weighted by molar-refractivity contribution is 5.83. The van der Waals surface area contributed by atoms with E-state index < -0.39 is 11.4 Å². The number of hydrogen-bond acceptors (Lipinski definition) is 3. The van der Waals surface area contributed by atoms with Crippen molar-refractivity contribution in [2.24, 2.45) is 17.1 Å². The molecule has 5 nitrogen and oxygen atoms in total. The Balaban J connectivity index is 2.51. The molecule has 3 atom stereocenters. The molecule has 0 heterocycles. The second kappa shape index (κ2) is 5.49. The second-order valence-electron chi connectivity index (χ2n) is 5.14. The summed E-state index contributed by atoms with van der Waals surface area (Å²) >= 11 is 0. The molecule has 17 heavy (non-hydrogen) atoms. The zero-order valence-corrected chi connectivity index (χ0v) is 10.5. The molecule has 4 N–H and O–H groups in total. The van der Waals surface area contributed by atoms with E-state index in [1.165, 1.54) is 0 Å². The second-order valence-corrected chi connectivity index (χ2v) is 5.14. The Hall–Kier alpha value is -1.10. The summed E-state index contributed by atoms with van der Waals surface area (Å²) in [5.74, 6) is -1.14. The van der Waals surface area contributed by atoms with E-state index in [2.05, 4.69) is 5.32 Å². The fourth-order valence-electron chi connectivity index (χ4n) is 2.09. The minimum Gasteiger partial charge on any atom is -0.481 e. The summed E-state index contributed by atoms with van der Waals surface area (Å²) in [6.45, 7) is 4.08. The van der Waals surface area contributed by atoms with Crippen LogP contribution in [0.1, 0.15) is 39.5 Å². The standard InChI is InChI=1S/C12H22N2O3/c1-3-12(2,7-13)11(17)14-9-5-4-8(6-9)10(15)16/h8-9H,3-7,13H2,1-2H3,(H,14,17)(H,15,16). The van der Waals surface area contributed by atoms with Crippen LogP contribution in [0.25, 0.3) is 0 Å². The SMILES string of the molecule is CCC(C)(CN)C(=O)NC1CCC(C(=O)O)C1. The van der Waals surface area contributed by atoms with Crippen LogP contribution in [0.2, 0.25) is 0 Å². The molecule has 1 rings (SSSR count). The van der Waals surface area contributed by atoms with Crippen molar-refractivity contribution in [2.45, 2.75) is 45.6 Å². The quantitative estimate of drug-likeness (QED) is 0.662. The largest absolute Gasteiger partial charge is 0.481 e. The van der Waals surface area contributed by atoms with Crippen molar-refractivity contribution >= 4 is 11.9 Å². The van der Waals surface area contributed by atoms with Gasteiger partial charge < -0.3 is 16.2 Å². The van der Waals surface area contributed by atoms with Crippen LogP contribution in [0.5, 0.6) is 0 Å². The lowest BCUT2D eigenvalue weighted by Gasteiger charge is -2.27. The van der Waals surface area contributed by atoms with Crippen molar-refractivity contribution in [3.8, 4) is 0 Å². The van der Waals surface area contributed by atoms with Crippen LogP contribution >= 0.6 is 0 Å². The summed E-state index contributed by atoms with van der Waals surface area (Å²) < 4.78 is 0. The molecule has 0 aliphatic heterocycles. The number of carbonyl (C=O) groups excluding carboxylic acids is 1. The molecule has 1 aliphatic carbocycles. The van der Waals surface area contributed by atoms with Crippen LogP contribution in [0.4, 0.5) is 0 Å². The van der Waals surface area contributed by atoms with Crippen LogP contribution < -0.4 is 11.1 Å². The maximum atomic E-state index is 12.0. The molecule has 0 aromatic heterocycles. The van der Waals surface area contributed by atoms with Gasteiger partial charge in [0.1, 0.15) is 0 Å². The topological polar surface area (TPSA) is 92.4 Å². The van der Waals surface area contributed by atoms with E-state index in [4.69, 9.17) is 10.8 Å². The Morgan fingerprint density at radius 2 is 2.12 bits per heavy atom. The average molecular weight is 242 g/mol. The van der Waals surface area contributed by atoms with Gasteiger partial charge in [0.25, 0.3) is 0 Å². The molecule has 3 unspecified atom stereocenters. The minimum absolute atomic E-state index is 0.0129. The molecule has 5 heteroatoms. The highest BCUT2D eigenvalue weighted by Gasteiger charge is 2.35. The van der Waals surface area contributed by atoms with Gasteiger partial charge in [-0.25, -0.2) is 0 Å². The lowest BCUT2D eigenvalue weighted by Crippen LogP contribution is -2.46. The van der Waals surface area contributed by atoms with Gasteiger partial charge in [0, 0.05) is 12.6 Å². The van der Waals surface area contributed by atoms with Gasteiger partial charge in [0.2, 0.25) is 5.91 Å². The highest BCUT2D eigenvalue weighted by atomic mass is 16.4. The van der Waals surface area contributed by atoms with Gasteiger partial charge in [-0.15, -0.1) is 0 Å². The van der Waals surface area contributed by atoms with Gasteiger partial charge in [0.05, 0.1) is 11.3 Å². The molecule has 1 saturated carbocycles. The number of aliphatic carboxylic acids is 1. The van der Waals surface area contributed by atoms with E-state index in [0.717, 1.165) is 6.42 Å². The molecular weight excluding hydrogens is 220 g/mol. The van der Waals surface area contributed by atoms with Crippen LogP contribution in [0.3, 0.4) is 0 Å². The van der Waals surface area contributed by atoms with Gasteiger partial charge >= 0.3 is 5.97 Å². The number of amides is 1. The first-order valence-corrected chi connectivity index (χ1v) is 6.16. The first-order valence-electron chi connectivity index (χ1n) is 6.16. The van der Waals surface area contributed by atoms with E-state index in [9.17, 15) is 9.59 Å². The van der Waals surface area contributed by atoms with Crippen molar-refractivity contribution < 1.29 is 14.7 Å². The smallest absolute Gasteiger partial charge is 0.306 e. The Kier molecular flexibility index (Phi) is 4.51. The van der Waals surface area contributed by atoms with Gasteiger partial charge in [-0.3, -0.25) is 9.59 Å². The van der Waals surface area contributed by atoms with Crippen LogP contribution in [-0.4, -0.2) is 29.6 Å². The van der Waals surface area contributed by atoms with Crippen molar-refractivity contribution in [1.82, 2.24) is 5.32 Å². The van der Waals surface area contributed by atoms with Crippen molar-refractivity contribution in [2.75, 3.05) is 6.54 Å². The lowest BCUT2D eigenvalue weighted by atomic mass is 9.86. The molecule has 0 spiro atoms. The Labute approximate surface area is 102 Å². The summed E-state index contributed by atoms with van der Waals surface area (Å²) in [4.78, 5) is 22.8. The Bertz CT molecular complexity index is 300. The summed E-state index contributed by atoms with van der Waals surface area (Å²) in [6.07, 6.45) is 2.61. The van der Waals surface area contributed by atoms with E-state index in [1.54, 1.807) is 0 Å². The monoisotopic (exact) mass is 242 g/mol. The van der Waals surface area contributed by atoms with Crippen LogP contribution in [0.15, 0.2) is 0 Å². The maximum Gasteiger partial charge on any atom is 0.306 e. The predicted molar refractivity (Wildman–Crippen MR) is 64.4 cm³/mol. The molecule has 0 bridgehead atoms. The Morgan fingerprint density at radius 3 is 2.53 bits per heavy atom. The minimum atomic E-state index is -0.765. The third kappa shape index (κ3) is 3.19. The number of nitrogens with two attached hydrogens (primary N) is 1. The summed E-state index contributed by atoms with van der Waals surface area (Å²) in [5, 5.41) is 11.8. The van der Waals surface area contributed by atoms with Gasteiger partial charge in [-0.1, -0.05) is 6.92 Å². The molecule has 0 aromatic rings. The zero-order valence-electron chi connectivity index (χ0n) is 10.5. The molecule has 1 amide bonds. The molecule has 0 aromatic carbocycles. The van der Waals surface area contributed by atoms with Crippen molar-refractivity contribution in [3.63, 3.8) is 0 Å². The van der Waals surface area contributed by atoms with E-state index in [-0.39, 0.29) is 17.9 Å². The van der Waals surface area contributed by atoms with Crippen LogP contribution in [-0.2, 0) is 9.59 Å². The molecular formula is C12H22N2O3. The number of rotatable bonds is 5. The third-order valence-electron chi connectivity index (χ3n) is 3.90. The predicted octanol–water partition coefficient (Wildman–Crippen LogP) is 0.731. The van der Waals surface area contributed by atoms with E-state index in [1.807, 2.05) is 13.8 Å². The number of carboxylic acid groups (broad SMARTS) is 1.